The predicted octanol–water partition coefficient (Wildman–Crippen LogP) is 0.368. The minimum Gasteiger partial charge on any atom is -0.378 e. The molecule has 1 fully saturated rings. The summed E-state index contributed by atoms with van der Waals surface area (Å²) in [6, 6.07) is 0. The minimum atomic E-state index is 0.501. The van der Waals surface area contributed by atoms with Gasteiger partial charge in [0.25, 0.3) is 0 Å². The van der Waals surface area contributed by atoms with Crippen LogP contribution in [-0.4, -0.2) is 38.9 Å². The normalized spacial score (nSPS) is 20.9. The van der Waals surface area contributed by atoms with Crippen molar-refractivity contribution < 1.29 is 4.74 Å². The van der Waals surface area contributed by atoms with Gasteiger partial charge in [0.15, 0.2) is 0 Å². The van der Waals surface area contributed by atoms with E-state index in [1.54, 1.807) is 0 Å². The fourth-order valence-electron chi connectivity index (χ4n) is 1.60. The number of ether oxygens (including phenoxy) is 1. The van der Waals surface area contributed by atoms with E-state index in [1.807, 2.05) is 0 Å². The van der Waals surface area contributed by atoms with Gasteiger partial charge in [-0.25, -0.2) is 0 Å². The van der Waals surface area contributed by atoms with Crippen molar-refractivity contribution in [1.29, 1.82) is 0 Å². The molecule has 14 heavy (non-hydrogen) atoms. The van der Waals surface area contributed by atoms with Crippen LogP contribution in [0.1, 0.15) is 19.3 Å². The summed E-state index contributed by atoms with van der Waals surface area (Å²) in [5.41, 5.74) is 0. The van der Waals surface area contributed by atoms with E-state index in [-0.39, 0.29) is 0 Å². The van der Waals surface area contributed by atoms with Crippen LogP contribution >= 0.6 is 0 Å². The van der Waals surface area contributed by atoms with Crippen LogP contribution in [0.4, 0.5) is 0 Å². The Morgan fingerprint density at radius 2 is 2.14 bits per heavy atom. The van der Waals surface area contributed by atoms with Gasteiger partial charge in [0, 0.05) is 19.7 Å². The molecular formula is C11H20N2O. The zero-order chi connectivity index (χ0) is 10.1. The van der Waals surface area contributed by atoms with E-state index in [9.17, 15) is 0 Å². The molecule has 2 N–H and O–H groups in total. The fourth-order valence-corrected chi connectivity index (χ4v) is 1.60. The second-order valence-corrected chi connectivity index (χ2v) is 3.55. The molecule has 0 radical (unpaired) electrons. The number of hydrogen-bond donors (Lipinski definition) is 2. The molecule has 0 aromatic carbocycles. The highest BCUT2D eigenvalue weighted by molar-refractivity contribution is 4.86. The maximum absolute atomic E-state index is 5.52. The topological polar surface area (TPSA) is 33.3 Å². The zero-order valence-electron chi connectivity index (χ0n) is 8.72. The Morgan fingerprint density at radius 1 is 1.29 bits per heavy atom. The second kappa shape index (κ2) is 7.81. The van der Waals surface area contributed by atoms with Gasteiger partial charge in [-0.3, -0.25) is 0 Å². The van der Waals surface area contributed by atoms with Gasteiger partial charge < -0.3 is 15.4 Å². The molecule has 1 heterocycles. The molecule has 1 rings (SSSR count). The molecule has 0 aliphatic carbocycles. The molecule has 1 atom stereocenters. The van der Waals surface area contributed by atoms with E-state index in [4.69, 9.17) is 11.2 Å². The molecule has 0 spiro atoms. The first-order chi connectivity index (χ1) is 6.93. The lowest BCUT2D eigenvalue weighted by atomic mass is 10.2. The van der Waals surface area contributed by atoms with Gasteiger partial charge in [0.2, 0.25) is 0 Å². The Labute approximate surface area is 86.6 Å². The lowest BCUT2D eigenvalue weighted by Crippen LogP contribution is -2.29. The Kier molecular flexibility index (Phi) is 6.42. The Bertz CT molecular complexity index is 171. The van der Waals surface area contributed by atoms with Crippen molar-refractivity contribution in [2.75, 3.05) is 32.8 Å². The van der Waals surface area contributed by atoms with Crippen LogP contribution in [0.3, 0.4) is 0 Å². The Hall–Kier alpha value is -0.560. The summed E-state index contributed by atoms with van der Waals surface area (Å²) in [6.07, 6.45) is 9.20. The van der Waals surface area contributed by atoms with E-state index >= 15 is 0 Å². The smallest absolute Gasteiger partial charge is 0.0588 e. The van der Waals surface area contributed by atoms with E-state index < -0.39 is 0 Å². The van der Waals surface area contributed by atoms with Crippen molar-refractivity contribution in [2.45, 2.75) is 25.4 Å². The van der Waals surface area contributed by atoms with Crippen molar-refractivity contribution in [2.24, 2.45) is 0 Å². The quantitative estimate of drug-likeness (QED) is 0.456. The highest BCUT2D eigenvalue weighted by atomic mass is 16.5. The summed E-state index contributed by atoms with van der Waals surface area (Å²) in [6.45, 7) is 4.58. The van der Waals surface area contributed by atoms with Gasteiger partial charge in [0.05, 0.1) is 12.6 Å². The SMILES string of the molecule is C#CCNCCNCCC1CCCO1. The number of nitrogens with one attached hydrogen (secondary N) is 2. The highest BCUT2D eigenvalue weighted by Gasteiger charge is 2.13. The summed E-state index contributed by atoms with van der Waals surface area (Å²) >= 11 is 0. The van der Waals surface area contributed by atoms with Crippen molar-refractivity contribution in [3.63, 3.8) is 0 Å². The third kappa shape index (κ3) is 5.23. The van der Waals surface area contributed by atoms with Crippen molar-refractivity contribution in [1.82, 2.24) is 10.6 Å². The van der Waals surface area contributed by atoms with E-state index in [0.717, 1.165) is 32.7 Å². The summed E-state index contributed by atoms with van der Waals surface area (Å²) in [5.74, 6) is 2.54. The summed E-state index contributed by atoms with van der Waals surface area (Å²) in [7, 11) is 0. The predicted molar refractivity (Wildman–Crippen MR) is 58.2 cm³/mol. The lowest BCUT2D eigenvalue weighted by Gasteiger charge is -2.09. The zero-order valence-corrected chi connectivity index (χ0v) is 8.72. The first kappa shape index (κ1) is 11.5. The molecule has 0 aromatic rings. The van der Waals surface area contributed by atoms with Gasteiger partial charge in [-0.2, -0.15) is 0 Å². The molecule has 0 aromatic heterocycles. The van der Waals surface area contributed by atoms with E-state index in [2.05, 4.69) is 16.6 Å². The van der Waals surface area contributed by atoms with Crippen LogP contribution in [-0.2, 0) is 4.74 Å². The molecule has 80 valence electrons. The monoisotopic (exact) mass is 196 g/mol. The largest absolute Gasteiger partial charge is 0.378 e. The number of hydrogen-bond acceptors (Lipinski definition) is 3. The van der Waals surface area contributed by atoms with E-state index in [1.165, 1.54) is 12.8 Å². The average Bonchev–Trinajstić information content (AvgIpc) is 2.69. The molecule has 3 heteroatoms. The molecule has 1 saturated heterocycles. The van der Waals surface area contributed by atoms with Crippen LogP contribution in [0.5, 0.6) is 0 Å². The van der Waals surface area contributed by atoms with Crippen LogP contribution in [0.15, 0.2) is 0 Å². The Balaban J connectivity index is 1.78. The number of rotatable bonds is 7. The molecule has 1 aliphatic heterocycles. The molecule has 0 amide bonds. The van der Waals surface area contributed by atoms with E-state index in [0.29, 0.717) is 12.6 Å². The van der Waals surface area contributed by atoms with Crippen molar-refractivity contribution >= 4 is 0 Å². The molecule has 1 unspecified atom stereocenters. The molecule has 0 saturated carbocycles. The standard InChI is InChI=1S/C11H20N2O/c1-2-6-12-8-9-13-7-5-11-4-3-10-14-11/h1,11-13H,3-10H2. The van der Waals surface area contributed by atoms with Gasteiger partial charge >= 0.3 is 0 Å². The second-order valence-electron chi connectivity index (χ2n) is 3.55. The maximum Gasteiger partial charge on any atom is 0.0588 e. The molecule has 1 aliphatic rings. The van der Waals surface area contributed by atoms with Crippen LogP contribution in [0, 0.1) is 12.3 Å². The first-order valence-electron chi connectivity index (χ1n) is 5.40. The average molecular weight is 196 g/mol. The Morgan fingerprint density at radius 3 is 2.86 bits per heavy atom. The first-order valence-corrected chi connectivity index (χ1v) is 5.40. The summed E-state index contributed by atoms with van der Waals surface area (Å²) < 4.78 is 5.52. The van der Waals surface area contributed by atoms with Crippen LogP contribution in [0.2, 0.25) is 0 Å². The molecule has 0 bridgehead atoms. The summed E-state index contributed by atoms with van der Waals surface area (Å²) in [5, 5.41) is 6.49. The molecular weight excluding hydrogens is 176 g/mol. The van der Waals surface area contributed by atoms with Crippen LogP contribution in [0.25, 0.3) is 0 Å². The summed E-state index contributed by atoms with van der Waals surface area (Å²) in [4.78, 5) is 0. The maximum atomic E-state index is 5.52. The third-order valence-corrected chi connectivity index (χ3v) is 2.37. The highest BCUT2D eigenvalue weighted by Crippen LogP contribution is 2.14. The minimum absolute atomic E-state index is 0.501. The lowest BCUT2D eigenvalue weighted by molar-refractivity contribution is 0.104. The van der Waals surface area contributed by atoms with Crippen molar-refractivity contribution in [3.8, 4) is 12.3 Å². The molecule has 3 nitrogen and oxygen atoms in total. The van der Waals surface area contributed by atoms with Crippen LogP contribution < -0.4 is 10.6 Å². The van der Waals surface area contributed by atoms with Gasteiger partial charge in [-0.15, -0.1) is 6.42 Å². The van der Waals surface area contributed by atoms with Gasteiger partial charge in [-0.05, 0) is 25.8 Å². The fraction of sp³-hybridized carbons (Fsp3) is 0.818. The number of terminal acetylenes is 1. The van der Waals surface area contributed by atoms with Gasteiger partial charge in [-0.1, -0.05) is 5.92 Å². The third-order valence-electron chi connectivity index (χ3n) is 2.37. The van der Waals surface area contributed by atoms with Gasteiger partial charge in [0.1, 0.15) is 0 Å². The van der Waals surface area contributed by atoms with Crippen molar-refractivity contribution in [3.05, 3.63) is 0 Å².